The molecule has 0 amide bonds. The van der Waals surface area contributed by atoms with Gasteiger partial charge in [0.15, 0.2) is 16.6 Å². The van der Waals surface area contributed by atoms with E-state index in [0.717, 1.165) is 24.8 Å². The number of fused-ring (bicyclic) bond motifs is 1. The van der Waals surface area contributed by atoms with Gasteiger partial charge in [0.2, 0.25) is 0 Å². The molecule has 6 atom stereocenters. The molecule has 0 spiro atoms. The van der Waals surface area contributed by atoms with Gasteiger partial charge in [0, 0.05) is 11.8 Å². The van der Waals surface area contributed by atoms with Crippen molar-refractivity contribution in [2.24, 2.45) is 23.2 Å². The van der Waals surface area contributed by atoms with Gasteiger partial charge in [-0.25, -0.2) is 0 Å². The molecule has 2 rings (SSSR count). The zero-order chi connectivity index (χ0) is 30.9. The van der Waals surface area contributed by atoms with Crippen molar-refractivity contribution in [2.75, 3.05) is 0 Å². The molecule has 6 heteroatoms. The normalized spacial score (nSPS) is 27.4. The van der Waals surface area contributed by atoms with Crippen LogP contribution >= 0.6 is 0 Å². The van der Waals surface area contributed by atoms with E-state index in [-0.39, 0.29) is 46.2 Å². The minimum Gasteiger partial charge on any atom is -0.457 e. The minimum absolute atomic E-state index is 0.124. The van der Waals surface area contributed by atoms with Gasteiger partial charge in [0.05, 0.1) is 17.6 Å². The zero-order valence-electron chi connectivity index (χ0n) is 28.7. The first kappa shape index (κ1) is 35.5. The number of carbonyl (C=O) groups is 1. The van der Waals surface area contributed by atoms with E-state index in [4.69, 9.17) is 13.6 Å². The third kappa shape index (κ3) is 8.67. The van der Waals surface area contributed by atoms with Gasteiger partial charge in [0.25, 0.3) is 0 Å². The molecule has 0 radical (unpaired) electrons. The molecule has 1 unspecified atom stereocenters. The highest BCUT2D eigenvalue weighted by molar-refractivity contribution is 6.74. The first-order chi connectivity index (χ1) is 18.0. The molecule has 0 aliphatic heterocycles. The van der Waals surface area contributed by atoms with Gasteiger partial charge in [-0.1, -0.05) is 86.5 Å². The number of ether oxygens (including phenoxy) is 1. The van der Waals surface area contributed by atoms with E-state index in [0.29, 0.717) is 5.92 Å². The lowest BCUT2D eigenvalue weighted by molar-refractivity contribution is -0.158. The van der Waals surface area contributed by atoms with Crippen LogP contribution in [0.1, 0.15) is 108 Å². The standard InChI is InChI=1S/C34H64O4Si2/c1-16-17-18-19-25(37-39(12,13)33(6,7)8)20-21-26-27-22-24(2)30(36-31(35)32(3,4)5)28(27)23-29(26)38-40(14,15)34(9,10)11/h20-21,25-30H,2,16-19,22-23H2,1,3-15H3/b21-20+/t25-,26-,27+,28-,29+,30?/m0/s1. The Labute approximate surface area is 250 Å². The van der Waals surface area contributed by atoms with Gasteiger partial charge >= 0.3 is 5.97 Å². The first-order valence-electron chi connectivity index (χ1n) is 15.9. The summed E-state index contributed by atoms with van der Waals surface area (Å²) in [6.07, 6.45) is 11.3. The molecule has 2 aliphatic carbocycles. The Hall–Kier alpha value is -0.696. The number of rotatable bonds is 11. The van der Waals surface area contributed by atoms with Crippen molar-refractivity contribution in [1.29, 1.82) is 0 Å². The fraction of sp³-hybridized carbons (Fsp3) is 0.853. The molecule has 2 fully saturated rings. The number of hydrogen-bond acceptors (Lipinski definition) is 4. The van der Waals surface area contributed by atoms with Crippen LogP contribution in [0.15, 0.2) is 24.3 Å². The summed E-state index contributed by atoms with van der Waals surface area (Å²) in [6, 6.07) is 0. The maximum absolute atomic E-state index is 12.9. The molecular formula is C34H64O4Si2. The molecule has 2 saturated carbocycles. The van der Waals surface area contributed by atoms with E-state index in [1.807, 2.05) is 20.8 Å². The van der Waals surface area contributed by atoms with Gasteiger partial charge < -0.3 is 13.6 Å². The lowest BCUT2D eigenvalue weighted by Gasteiger charge is -2.40. The van der Waals surface area contributed by atoms with E-state index in [9.17, 15) is 4.79 Å². The van der Waals surface area contributed by atoms with E-state index >= 15 is 0 Å². The molecule has 4 nitrogen and oxygen atoms in total. The summed E-state index contributed by atoms with van der Waals surface area (Å²) in [7, 11) is -3.91. The largest absolute Gasteiger partial charge is 0.457 e. The summed E-state index contributed by atoms with van der Waals surface area (Å²) < 4.78 is 20.3. The summed E-state index contributed by atoms with van der Waals surface area (Å²) in [4.78, 5) is 12.9. The molecule has 0 aromatic rings. The van der Waals surface area contributed by atoms with Crippen LogP contribution in [0.4, 0.5) is 0 Å². The monoisotopic (exact) mass is 592 g/mol. The molecule has 0 saturated heterocycles. The van der Waals surface area contributed by atoms with E-state index in [2.05, 4.69) is 93.4 Å². The highest BCUT2D eigenvalue weighted by Gasteiger charge is 2.54. The summed E-state index contributed by atoms with van der Waals surface area (Å²) in [5, 5.41) is 0.304. The Bertz CT molecular complexity index is 900. The number of carbonyl (C=O) groups excluding carboxylic acids is 1. The Morgan fingerprint density at radius 3 is 2.02 bits per heavy atom. The highest BCUT2D eigenvalue weighted by Crippen LogP contribution is 2.54. The molecule has 0 aromatic heterocycles. The predicted octanol–water partition coefficient (Wildman–Crippen LogP) is 10.1. The first-order valence-corrected chi connectivity index (χ1v) is 21.8. The van der Waals surface area contributed by atoms with Gasteiger partial charge in [0.1, 0.15) is 6.10 Å². The molecule has 0 heterocycles. The summed E-state index contributed by atoms with van der Waals surface area (Å²) in [6.45, 7) is 35.8. The van der Waals surface area contributed by atoms with Crippen LogP contribution in [0.2, 0.25) is 36.3 Å². The fourth-order valence-corrected chi connectivity index (χ4v) is 8.20. The SMILES string of the molecule is C=C1C[C@@H]2[C@H](/C=C/[C@H](CCCCC)O[Si](C)(C)C(C)(C)C)[C@H](O[Si](C)(C)C(C)(C)C)C[C@@H]2C1OC(=O)C(C)(C)C. The average molecular weight is 593 g/mol. The van der Waals surface area contributed by atoms with Gasteiger partial charge in [-0.2, -0.15) is 0 Å². The molecule has 2 aliphatic rings. The second-order valence-electron chi connectivity index (χ2n) is 16.8. The van der Waals surface area contributed by atoms with E-state index in [1.165, 1.54) is 19.3 Å². The average Bonchev–Trinajstić information content (AvgIpc) is 3.23. The smallest absolute Gasteiger partial charge is 0.311 e. The quantitative estimate of drug-likeness (QED) is 0.104. The highest BCUT2D eigenvalue weighted by atomic mass is 28.4. The second-order valence-corrected chi connectivity index (χ2v) is 26.3. The predicted molar refractivity (Wildman–Crippen MR) is 176 cm³/mol. The van der Waals surface area contributed by atoms with Crippen LogP contribution in [0.25, 0.3) is 0 Å². The van der Waals surface area contributed by atoms with Crippen molar-refractivity contribution < 1.29 is 18.4 Å². The summed E-state index contributed by atoms with van der Waals surface area (Å²) in [5.74, 6) is 0.758. The van der Waals surface area contributed by atoms with Gasteiger partial charge in [-0.15, -0.1) is 0 Å². The van der Waals surface area contributed by atoms with E-state index < -0.39 is 22.0 Å². The lowest BCUT2D eigenvalue weighted by atomic mass is 9.90. The fourth-order valence-electron chi connectivity index (χ4n) is 5.53. The third-order valence-electron chi connectivity index (χ3n) is 10.3. The van der Waals surface area contributed by atoms with Crippen LogP contribution in [-0.4, -0.2) is 40.9 Å². The molecule has 40 heavy (non-hydrogen) atoms. The van der Waals surface area contributed by atoms with Crippen molar-refractivity contribution in [3.05, 3.63) is 24.3 Å². The number of unbranched alkanes of at least 4 members (excludes halogenated alkanes) is 2. The molecule has 232 valence electrons. The molecule has 0 bridgehead atoms. The van der Waals surface area contributed by atoms with Crippen LogP contribution in [0.5, 0.6) is 0 Å². The molecule has 0 N–H and O–H groups in total. The van der Waals surface area contributed by atoms with Crippen molar-refractivity contribution in [1.82, 2.24) is 0 Å². The Morgan fingerprint density at radius 1 is 0.950 bits per heavy atom. The Morgan fingerprint density at radius 2 is 1.52 bits per heavy atom. The Kier molecular flexibility index (Phi) is 11.4. The van der Waals surface area contributed by atoms with Crippen molar-refractivity contribution >= 4 is 22.6 Å². The van der Waals surface area contributed by atoms with Crippen molar-refractivity contribution in [3.8, 4) is 0 Å². The Balaban J connectivity index is 2.41. The van der Waals surface area contributed by atoms with Crippen molar-refractivity contribution in [2.45, 2.75) is 162 Å². The van der Waals surface area contributed by atoms with Crippen LogP contribution < -0.4 is 0 Å². The van der Waals surface area contributed by atoms with E-state index in [1.54, 1.807) is 0 Å². The summed E-state index contributed by atoms with van der Waals surface area (Å²) in [5.41, 5.74) is 0.536. The van der Waals surface area contributed by atoms with Crippen LogP contribution in [0, 0.1) is 23.2 Å². The number of hydrogen-bond donors (Lipinski definition) is 0. The molecule has 0 aromatic carbocycles. The topological polar surface area (TPSA) is 44.8 Å². The van der Waals surface area contributed by atoms with Crippen LogP contribution in [0.3, 0.4) is 0 Å². The maximum atomic E-state index is 12.9. The maximum Gasteiger partial charge on any atom is 0.311 e. The minimum atomic E-state index is -1.99. The zero-order valence-corrected chi connectivity index (χ0v) is 30.7. The summed E-state index contributed by atoms with van der Waals surface area (Å²) >= 11 is 0. The molecular weight excluding hydrogens is 529 g/mol. The number of esters is 1. The van der Waals surface area contributed by atoms with Gasteiger partial charge in [-0.05, 0) is 87.8 Å². The second kappa shape index (κ2) is 12.9. The lowest BCUT2D eigenvalue weighted by Crippen LogP contribution is -2.45. The van der Waals surface area contributed by atoms with Crippen molar-refractivity contribution in [3.63, 3.8) is 0 Å². The van der Waals surface area contributed by atoms with Crippen LogP contribution in [-0.2, 0) is 18.4 Å². The van der Waals surface area contributed by atoms with Gasteiger partial charge in [-0.3, -0.25) is 4.79 Å². The third-order valence-corrected chi connectivity index (χ3v) is 19.3.